The Morgan fingerprint density at radius 2 is 1.87 bits per heavy atom. The number of anilines is 1. The molecule has 1 N–H and O–H groups in total. The molecule has 1 amide bonds. The molecule has 4 heteroatoms. The van der Waals surface area contributed by atoms with Gasteiger partial charge in [0.2, 0.25) is 0 Å². The third-order valence-electron chi connectivity index (χ3n) is 4.10. The Morgan fingerprint density at radius 1 is 1.17 bits per heavy atom. The molecule has 0 unspecified atom stereocenters. The Bertz CT molecular complexity index is 648. The van der Waals surface area contributed by atoms with Crippen LogP contribution < -0.4 is 10.2 Å². The van der Waals surface area contributed by atoms with Gasteiger partial charge in [0, 0.05) is 19.3 Å². The third-order valence-corrected chi connectivity index (χ3v) is 4.10. The summed E-state index contributed by atoms with van der Waals surface area (Å²) in [5.41, 5.74) is 2.89. The van der Waals surface area contributed by atoms with Crippen LogP contribution in [-0.4, -0.2) is 24.0 Å². The van der Waals surface area contributed by atoms with Crippen LogP contribution in [0.15, 0.2) is 42.6 Å². The summed E-state index contributed by atoms with van der Waals surface area (Å²) < 4.78 is 0. The molecule has 1 atom stereocenters. The Balaban J connectivity index is 2.07. The van der Waals surface area contributed by atoms with Crippen molar-refractivity contribution in [3.8, 4) is 0 Å². The van der Waals surface area contributed by atoms with Crippen LogP contribution in [0.3, 0.4) is 0 Å². The zero-order valence-corrected chi connectivity index (χ0v) is 14.3. The van der Waals surface area contributed by atoms with Crippen LogP contribution in [0.25, 0.3) is 0 Å². The van der Waals surface area contributed by atoms with Gasteiger partial charge < -0.3 is 10.2 Å². The number of amides is 1. The molecule has 4 nitrogen and oxygen atoms in total. The first-order valence-corrected chi connectivity index (χ1v) is 8.14. The van der Waals surface area contributed by atoms with Crippen LogP contribution in [0.4, 0.5) is 5.82 Å². The minimum atomic E-state index is -0.0978. The van der Waals surface area contributed by atoms with Gasteiger partial charge in [-0.25, -0.2) is 4.98 Å². The van der Waals surface area contributed by atoms with Gasteiger partial charge in [-0.05, 0) is 51.0 Å². The zero-order valence-electron chi connectivity index (χ0n) is 14.3. The van der Waals surface area contributed by atoms with E-state index in [4.69, 9.17) is 0 Å². The summed E-state index contributed by atoms with van der Waals surface area (Å²) in [6.07, 6.45) is 1.65. The van der Waals surface area contributed by atoms with Crippen LogP contribution in [0.5, 0.6) is 0 Å². The maximum Gasteiger partial charge on any atom is 0.253 e. The molecule has 2 aromatic rings. The van der Waals surface area contributed by atoms with Crippen molar-refractivity contribution in [2.75, 3.05) is 18.0 Å². The van der Waals surface area contributed by atoms with E-state index in [-0.39, 0.29) is 11.9 Å². The van der Waals surface area contributed by atoms with Crippen molar-refractivity contribution >= 4 is 11.7 Å². The van der Waals surface area contributed by atoms with Gasteiger partial charge in [-0.15, -0.1) is 0 Å². The maximum absolute atomic E-state index is 12.4. The summed E-state index contributed by atoms with van der Waals surface area (Å²) in [6, 6.07) is 11.8. The lowest BCUT2D eigenvalue weighted by Gasteiger charge is -2.20. The molecule has 0 fully saturated rings. The second kappa shape index (κ2) is 7.77. The first-order valence-electron chi connectivity index (χ1n) is 8.14. The van der Waals surface area contributed by atoms with Crippen molar-refractivity contribution in [3.63, 3.8) is 0 Å². The zero-order chi connectivity index (χ0) is 16.8. The minimum Gasteiger partial charge on any atom is -0.357 e. The second-order valence-corrected chi connectivity index (χ2v) is 5.63. The summed E-state index contributed by atoms with van der Waals surface area (Å²) in [7, 11) is 0. The number of rotatable bonds is 6. The maximum atomic E-state index is 12.4. The lowest BCUT2D eigenvalue weighted by molar-refractivity contribution is 0.0939. The molecule has 0 spiro atoms. The van der Waals surface area contributed by atoms with Crippen LogP contribution in [0.1, 0.15) is 48.3 Å². The first-order chi connectivity index (χ1) is 11.1. The second-order valence-electron chi connectivity index (χ2n) is 5.63. The van der Waals surface area contributed by atoms with Crippen molar-refractivity contribution in [2.24, 2.45) is 0 Å². The van der Waals surface area contributed by atoms with Gasteiger partial charge in [0.05, 0.1) is 11.6 Å². The van der Waals surface area contributed by atoms with Gasteiger partial charge in [-0.3, -0.25) is 4.79 Å². The van der Waals surface area contributed by atoms with Crippen LogP contribution in [0.2, 0.25) is 0 Å². The van der Waals surface area contributed by atoms with E-state index in [0.29, 0.717) is 5.56 Å². The number of nitrogens with zero attached hydrogens (tertiary/aromatic N) is 2. The Hall–Kier alpha value is -2.36. The van der Waals surface area contributed by atoms with E-state index in [1.54, 1.807) is 6.20 Å². The van der Waals surface area contributed by atoms with E-state index in [1.807, 2.05) is 37.3 Å². The Kier molecular flexibility index (Phi) is 5.74. The molecule has 0 aliphatic heterocycles. The molecule has 0 aliphatic rings. The number of aromatic nitrogens is 1. The van der Waals surface area contributed by atoms with Crippen LogP contribution >= 0.6 is 0 Å². The fourth-order valence-electron chi connectivity index (χ4n) is 2.69. The topological polar surface area (TPSA) is 45.2 Å². The van der Waals surface area contributed by atoms with Gasteiger partial charge >= 0.3 is 0 Å². The number of pyridine rings is 1. The lowest BCUT2D eigenvalue weighted by atomic mass is 10.0. The molecular formula is C19H25N3O. The molecule has 1 heterocycles. The SMILES string of the molecule is CCN(CC)c1ccc(C(=O)N[C@@H](C)c2ccccc2C)cn1. The Labute approximate surface area is 138 Å². The number of nitrogens with one attached hydrogen (secondary N) is 1. The van der Waals surface area contributed by atoms with Gasteiger partial charge in [-0.1, -0.05) is 24.3 Å². The van der Waals surface area contributed by atoms with E-state index >= 15 is 0 Å². The quantitative estimate of drug-likeness (QED) is 0.884. The summed E-state index contributed by atoms with van der Waals surface area (Å²) in [5.74, 6) is 0.804. The van der Waals surface area contributed by atoms with Crippen molar-refractivity contribution in [1.82, 2.24) is 10.3 Å². The summed E-state index contributed by atoms with van der Waals surface area (Å²) in [4.78, 5) is 19.0. The summed E-state index contributed by atoms with van der Waals surface area (Å²) in [5, 5.41) is 3.04. The average Bonchev–Trinajstić information content (AvgIpc) is 2.57. The van der Waals surface area contributed by atoms with E-state index < -0.39 is 0 Å². The molecule has 0 bridgehead atoms. The summed E-state index contributed by atoms with van der Waals surface area (Å²) >= 11 is 0. The molecule has 1 aromatic carbocycles. The van der Waals surface area contributed by atoms with Gasteiger partial charge in [-0.2, -0.15) is 0 Å². The van der Waals surface area contributed by atoms with Gasteiger partial charge in [0.25, 0.3) is 5.91 Å². The number of aryl methyl sites for hydroxylation is 1. The normalized spacial score (nSPS) is 11.8. The predicted molar refractivity (Wildman–Crippen MR) is 94.9 cm³/mol. The van der Waals surface area contributed by atoms with E-state index in [0.717, 1.165) is 24.5 Å². The molecule has 0 saturated carbocycles. The average molecular weight is 311 g/mol. The van der Waals surface area contributed by atoms with E-state index in [1.165, 1.54) is 5.56 Å². The number of carbonyl (C=O) groups excluding carboxylic acids is 1. The lowest BCUT2D eigenvalue weighted by Crippen LogP contribution is -2.27. The van der Waals surface area contributed by atoms with Crippen molar-refractivity contribution < 1.29 is 4.79 Å². The highest BCUT2D eigenvalue weighted by atomic mass is 16.1. The van der Waals surface area contributed by atoms with Crippen LogP contribution in [-0.2, 0) is 0 Å². The highest BCUT2D eigenvalue weighted by Crippen LogP contribution is 2.17. The molecule has 0 aliphatic carbocycles. The fourth-order valence-corrected chi connectivity index (χ4v) is 2.69. The monoisotopic (exact) mass is 311 g/mol. The van der Waals surface area contributed by atoms with E-state index in [2.05, 4.69) is 42.0 Å². The smallest absolute Gasteiger partial charge is 0.253 e. The number of hydrogen-bond acceptors (Lipinski definition) is 3. The number of benzene rings is 1. The summed E-state index contributed by atoms with van der Waals surface area (Å²) in [6.45, 7) is 10.0. The van der Waals surface area contributed by atoms with Crippen molar-refractivity contribution in [1.29, 1.82) is 0 Å². The highest BCUT2D eigenvalue weighted by Gasteiger charge is 2.13. The fraction of sp³-hybridized carbons (Fsp3) is 0.368. The van der Waals surface area contributed by atoms with E-state index in [9.17, 15) is 4.79 Å². The van der Waals surface area contributed by atoms with Crippen LogP contribution in [0, 0.1) is 6.92 Å². The van der Waals surface area contributed by atoms with Crippen molar-refractivity contribution in [3.05, 3.63) is 59.3 Å². The predicted octanol–water partition coefficient (Wildman–Crippen LogP) is 3.73. The van der Waals surface area contributed by atoms with Crippen molar-refractivity contribution in [2.45, 2.75) is 33.7 Å². The highest BCUT2D eigenvalue weighted by molar-refractivity contribution is 5.94. The molecule has 23 heavy (non-hydrogen) atoms. The molecule has 0 saturated heterocycles. The number of carbonyl (C=O) groups is 1. The molecule has 1 aromatic heterocycles. The molecule has 0 radical (unpaired) electrons. The molecular weight excluding hydrogens is 286 g/mol. The van der Waals surface area contributed by atoms with Gasteiger partial charge in [0.1, 0.15) is 5.82 Å². The molecule has 2 rings (SSSR count). The number of hydrogen-bond donors (Lipinski definition) is 1. The van der Waals surface area contributed by atoms with Gasteiger partial charge in [0.15, 0.2) is 0 Å². The third kappa shape index (κ3) is 4.09. The largest absolute Gasteiger partial charge is 0.357 e. The minimum absolute atomic E-state index is 0.0360. The Morgan fingerprint density at radius 3 is 2.43 bits per heavy atom. The first kappa shape index (κ1) is 17.0. The standard InChI is InChI=1S/C19H25N3O/c1-5-22(6-2)18-12-11-16(13-20-18)19(23)21-15(4)17-10-8-7-9-14(17)3/h7-13,15H,5-6H2,1-4H3,(H,21,23)/t15-/m0/s1. The molecule has 122 valence electrons.